The van der Waals surface area contributed by atoms with Gasteiger partial charge in [0.15, 0.2) is 0 Å². The molecular weight excluding hydrogens is 428 g/mol. The van der Waals surface area contributed by atoms with E-state index in [-0.39, 0.29) is 29.6 Å². The molecule has 2 N–H and O–H groups in total. The molecule has 172 valence electrons. The molecule has 7 nitrogen and oxygen atoms in total. The van der Waals surface area contributed by atoms with Crippen molar-refractivity contribution in [3.05, 3.63) is 46.5 Å². The second-order valence-electron chi connectivity index (χ2n) is 7.86. The highest BCUT2D eigenvalue weighted by atomic mass is 32.2. The van der Waals surface area contributed by atoms with E-state index in [0.29, 0.717) is 22.6 Å². The predicted molar refractivity (Wildman–Crippen MR) is 127 cm³/mol. The predicted octanol–water partition coefficient (Wildman–Crippen LogP) is 4.03. The zero-order valence-electron chi connectivity index (χ0n) is 19.3. The minimum atomic E-state index is -3.88. The number of carboxylic acid groups (broad SMARTS) is 1. The first-order valence-corrected chi connectivity index (χ1v) is 11.6. The van der Waals surface area contributed by atoms with Gasteiger partial charge in [-0.3, -0.25) is 9.52 Å². The number of carboxylic acids is 1. The number of terminal acetylenes is 1. The van der Waals surface area contributed by atoms with E-state index >= 15 is 0 Å². The third kappa shape index (κ3) is 5.35. The minimum absolute atomic E-state index is 0.0936. The van der Waals surface area contributed by atoms with Gasteiger partial charge in [0.1, 0.15) is 5.75 Å². The van der Waals surface area contributed by atoms with Crippen LogP contribution in [-0.4, -0.2) is 39.2 Å². The van der Waals surface area contributed by atoms with Gasteiger partial charge >= 0.3 is 5.97 Å². The van der Waals surface area contributed by atoms with Gasteiger partial charge < -0.3 is 14.7 Å². The van der Waals surface area contributed by atoms with Crippen LogP contribution in [0.4, 0.5) is 11.4 Å². The smallest absolute Gasteiger partial charge is 0.305 e. The summed E-state index contributed by atoms with van der Waals surface area (Å²) in [5, 5.41) is 9.13. The summed E-state index contributed by atoms with van der Waals surface area (Å²) in [6.45, 7) is 9.31. The Morgan fingerprint density at radius 1 is 1.19 bits per heavy atom. The maximum atomic E-state index is 13.3. The monoisotopic (exact) mass is 458 g/mol. The van der Waals surface area contributed by atoms with E-state index in [2.05, 4.69) is 10.6 Å². The van der Waals surface area contributed by atoms with Crippen LogP contribution in [0.3, 0.4) is 0 Å². The highest BCUT2D eigenvalue weighted by Gasteiger charge is 2.24. The molecule has 0 aliphatic carbocycles. The lowest BCUT2D eigenvalue weighted by molar-refractivity contribution is -0.137. The number of aryl methyl sites for hydroxylation is 2. The molecule has 2 rings (SSSR count). The molecule has 8 heteroatoms. The highest BCUT2D eigenvalue weighted by molar-refractivity contribution is 7.92. The number of ether oxygens (including phenoxy) is 1. The van der Waals surface area contributed by atoms with E-state index in [4.69, 9.17) is 16.3 Å². The molecule has 0 amide bonds. The minimum Gasteiger partial charge on any atom is -0.494 e. The van der Waals surface area contributed by atoms with Crippen LogP contribution in [0.5, 0.6) is 5.75 Å². The molecule has 0 radical (unpaired) electrons. The van der Waals surface area contributed by atoms with Crippen LogP contribution in [0.1, 0.15) is 35.6 Å². The SMILES string of the molecule is C#CCN(c1ccc(NS(=O)(=O)c2c(C)c(C)cc(C)c2C)c(OC)c1)[C@@H](C)CC(=O)O. The number of hydrogen-bond donors (Lipinski definition) is 2. The Morgan fingerprint density at radius 2 is 1.78 bits per heavy atom. The Morgan fingerprint density at radius 3 is 2.28 bits per heavy atom. The Bertz CT molecular complexity index is 1140. The van der Waals surface area contributed by atoms with Gasteiger partial charge in [-0.25, -0.2) is 8.42 Å². The summed E-state index contributed by atoms with van der Waals surface area (Å²) in [5.41, 5.74) is 4.09. The third-order valence-electron chi connectivity index (χ3n) is 5.59. The normalized spacial score (nSPS) is 12.0. The third-order valence-corrected chi connectivity index (χ3v) is 7.23. The van der Waals surface area contributed by atoms with Gasteiger partial charge in [-0.2, -0.15) is 0 Å². The fourth-order valence-corrected chi connectivity index (χ4v) is 5.37. The zero-order valence-corrected chi connectivity index (χ0v) is 20.1. The van der Waals surface area contributed by atoms with Crippen LogP contribution in [0.25, 0.3) is 0 Å². The average molecular weight is 459 g/mol. The fraction of sp³-hybridized carbons (Fsp3) is 0.375. The van der Waals surface area contributed by atoms with Crippen LogP contribution in [-0.2, 0) is 14.8 Å². The Balaban J connectivity index is 2.49. The van der Waals surface area contributed by atoms with Crippen molar-refractivity contribution in [1.82, 2.24) is 0 Å². The van der Waals surface area contributed by atoms with Gasteiger partial charge in [0, 0.05) is 17.8 Å². The van der Waals surface area contributed by atoms with Crippen LogP contribution in [0.2, 0.25) is 0 Å². The molecule has 2 aromatic carbocycles. The van der Waals surface area contributed by atoms with E-state index in [1.807, 2.05) is 19.9 Å². The summed E-state index contributed by atoms with van der Waals surface area (Å²) in [6, 6.07) is 6.54. The summed E-state index contributed by atoms with van der Waals surface area (Å²) in [4.78, 5) is 13.2. The number of methoxy groups -OCH3 is 1. The number of anilines is 2. The zero-order chi connectivity index (χ0) is 24.2. The first kappa shape index (κ1) is 25.1. The lowest BCUT2D eigenvalue weighted by Gasteiger charge is -2.29. The van der Waals surface area contributed by atoms with Gasteiger partial charge in [-0.15, -0.1) is 6.42 Å². The molecule has 0 heterocycles. The van der Waals surface area contributed by atoms with Crippen LogP contribution in [0.15, 0.2) is 29.2 Å². The topological polar surface area (TPSA) is 95.9 Å². The lowest BCUT2D eigenvalue weighted by Crippen LogP contribution is -2.35. The number of hydrogen-bond acceptors (Lipinski definition) is 5. The molecule has 0 aliphatic heterocycles. The van der Waals surface area contributed by atoms with Crippen molar-refractivity contribution in [3.63, 3.8) is 0 Å². The Kier molecular flexibility index (Phi) is 7.81. The van der Waals surface area contributed by atoms with Gasteiger partial charge in [0.25, 0.3) is 10.0 Å². The summed E-state index contributed by atoms with van der Waals surface area (Å²) in [6.07, 6.45) is 5.38. The molecule has 0 saturated carbocycles. The Hall–Kier alpha value is -3.18. The van der Waals surface area contributed by atoms with Crippen molar-refractivity contribution >= 4 is 27.4 Å². The number of rotatable bonds is 9. The molecule has 0 bridgehead atoms. The molecule has 32 heavy (non-hydrogen) atoms. The van der Waals surface area contributed by atoms with Crippen LogP contribution in [0, 0.1) is 40.0 Å². The van der Waals surface area contributed by atoms with Crippen molar-refractivity contribution in [2.45, 2.75) is 52.0 Å². The molecule has 1 atom stereocenters. The summed E-state index contributed by atoms with van der Waals surface area (Å²) < 4.78 is 34.7. The number of benzene rings is 2. The van der Waals surface area contributed by atoms with E-state index in [1.165, 1.54) is 7.11 Å². The molecule has 0 unspecified atom stereocenters. The molecule has 0 saturated heterocycles. The highest BCUT2D eigenvalue weighted by Crippen LogP contribution is 2.34. The number of nitrogens with zero attached hydrogens (tertiary/aromatic N) is 1. The lowest BCUT2D eigenvalue weighted by atomic mass is 10.0. The summed E-state index contributed by atoms with van der Waals surface area (Å²) in [7, 11) is -2.44. The van der Waals surface area contributed by atoms with Gasteiger partial charge in [0.05, 0.1) is 30.7 Å². The van der Waals surface area contributed by atoms with Crippen molar-refractivity contribution in [1.29, 1.82) is 0 Å². The standard InChI is InChI=1S/C24H30N2O5S/c1-8-11-26(17(4)13-23(27)28)20-9-10-21(22(14-20)31-7)25-32(29,30)24-18(5)15(2)12-16(3)19(24)6/h1,9-10,12,14,17,25H,11,13H2,2-7H3,(H,27,28)/t17-/m0/s1. The molecule has 0 aromatic heterocycles. The maximum absolute atomic E-state index is 13.3. The van der Waals surface area contributed by atoms with Crippen LogP contribution >= 0.6 is 0 Å². The summed E-state index contributed by atoms with van der Waals surface area (Å²) in [5.74, 6) is 1.90. The average Bonchev–Trinajstić information content (AvgIpc) is 2.70. The van der Waals surface area contributed by atoms with Crippen molar-refractivity contribution in [2.75, 3.05) is 23.3 Å². The van der Waals surface area contributed by atoms with E-state index in [0.717, 1.165) is 11.1 Å². The molecule has 0 spiro atoms. The molecule has 2 aromatic rings. The molecule has 0 fully saturated rings. The Labute approximate surface area is 190 Å². The van der Waals surface area contributed by atoms with Crippen molar-refractivity contribution in [3.8, 4) is 18.1 Å². The number of sulfonamides is 1. The molecule has 0 aliphatic rings. The molecular formula is C24H30N2O5S. The van der Waals surface area contributed by atoms with E-state index in [9.17, 15) is 13.2 Å². The van der Waals surface area contributed by atoms with Gasteiger partial charge in [-0.1, -0.05) is 12.0 Å². The second kappa shape index (κ2) is 9.96. The van der Waals surface area contributed by atoms with Crippen molar-refractivity contribution < 1.29 is 23.1 Å². The van der Waals surface area contributed by atoms with Crippen LogP contribution < -0.4 is 14.4 Å². The first-order valence-electron chi connectivity index (χ1n) is 10.1. The number of nitrogens with one attached hydrogen (secondary N) is 1. The summed E-state index contributed by atoms with van der Waals surface area (Å²) >= 11 is 0. The van der Waals surface area contributed by atoms with Gasteiger partial charge in [0.2, 0.25) is 0 Å². The number of aliphatic carboxylic acids is 1. The van der Waals surface area contributed by atoms with Gasteiger partial charge in [-0.05, 0) is 69.0 Å². The quantitative estimate of drug-likeness (QED) is 0.551. The fourth-order valence-electron chi connectivity index (χ4n) is 3.69. The van der Waals surface area contributed by atoms with E-state index in [1.54, 1.807) is 43.9 Å². The largest absolute Gasteiger partial charge is 0.494 e. The number of carbonyl (C=O) groups is 1. The van der Waals surface area contributed by atoms with Crippen molar-refractivity contribution in [2.24, 2.45) is 0 Å². The second-order valence-corrected chi connectivity index (χ2v) is 9.48. The maximum Gasteiger partial charge on any atom is 0.305 e. The van der Waals surface area contributed by atoms with E-state index < -0.39 is 16.0 Å². The first-order chi connectivity index (χ1) is 14.9.